The Labute approximate surface area is 302 Å². The number of ether oxygens (including phenoxy) is 2. The predicted octanol–water partition coefficient (Wildman–Crippen LogP) is 9.50. The first-order valence-electron chi connectivity index (χ1n) is 19.4. The number of phosphoric ester groups is 1. The van der Waals surface area contributed by atoms with Crippen LogP contribution < -0.4 is 5.73 Å². The minimum atomic E-state index is -4.71. The molecule has 0 fully saturated rings. The van der Waals surface area contributed by atoms with Crippen LogP contribution in [0.3, 0.4) is 0 Å². The number of hydrogen-bond donors (Lipinski definition) is 3. The van der Waals surface area contributed by atoms with Crippen LogP contribution in [0.5, 0.6) is 0 Å². The molecule has 0 aliphatic heterocycles. The maximum atomic E-state index is 12.5. The summed E-state index contributed by atoms with van der Waals surface area (Å²) in [4.78, 5) is 45.7. The molecule has 0 aromatic heterocycles. The third kappa shape index (κ3) is 33.1. The Balaban J connectivity index is 4.42. The quantitative estimate of drug-likeness (QED) is 0.0242. The molecule has 292 valence electrons. The van der Waals surface area contributed by atoms with Crippen molar-refractivity contribution in [2.24, 2.45) is 5.73 Å². The van der Waals surface area contributed by atoms with Crippen LogP contribution in [-0.4, -0.2) is 59.9 Å². The maximum absolute atomic E-state index is 12.5. The lowest BCUT2D eigenvalue weighted by Crippen LogP contribution is -2.34. The Hall–Kier alpha value is -2.04. The standard InChI is InChI=1S/C38H70NO10P/c1-3-5-7-9-11-13-15-16-17-18-20-21-23-25-27-29-36(40)46-31-34(32-47-50(44,45)48-33-35(39)38(42)43)49-37(41)30-28-26-24-22-19-14-12-10-8-6-4-2/h10,12-13,15,34-35H,3-9,11,14,16-33,39H2,1-2H3,(H,42,43)(H,44,45)/b12-10-,15-13-/t34-,35+/m1/s1. The van der Waals surface area contributed by atoms with Crippen molar-refractivity contribution in [1.29, 1.82) is 0 Å². The highest BCUT2D eigenvalue weighted by Gasteiger charge is 2.28. The molecule has 0 spiro atoms. The first-order chi connectivity index (χ1) is 24.1. The van der Waals surface area contributed by atoms with Crippen molar-refractivity contribution in [1.82, 2.24) is 0 Å². The van der Waals surface area contributed by atoms with E-state index in [0.29, 0.717) is 12.8 Å². The molecule has 0 rings (SSSR count). The average Bonchev–Trinajstić information content (AvgIpc) is 3.09. The van der Waals surface area contributed by atoms with E-state index in [2.05, 4.69) is 42.7 Å². The summed E-state index contributed by atoms with van der Waals surface area (Å²) in [7, 11) is -4.71. The molecule has 0 bridgehead atoms. The third-order valence-corrected chi connectivity index (χ3v) is 9.12. The topological polar surface area (TPSA) is 172 Å². The normalized spacial score (nSPS) is 14.2. The smallest absolute Gasteiger partial charge is 0.472 e. The molecule has 0 amide bonds. The molecule has 0 aliphatic rings. The van der Waals surface area contributed by atoms with E-state index >= 15 is 0 Å². The molecule has 12 heteroatoms. The molecule has 1 unspecified atom stereocenters. The molecule has 4 N–H and O–H groups in total. The summed E-state index contributed by atoms with van der Waals surface area (Å²) in [5.41, 5.74) is 5.31. The highest BCUT2D eigenvalue weighted by Crippen LogP contribution is 2.43. The van der Waals surface area contributed by atoms with Gasteiger partial charge in [0.25, 0.3) is 0 Å². The molecule has 0 aliphatic carbocycles. The van der Waals surface area contributed by atoms with E-state index in [9.17, 15) is 23.8 Å². The van der Waals surface area contributed by atoms with Crippen LogP contribution in [0, 0.1) is 0 Å². The zero-order chi connectivity index (χ0) is 37.1. The second-order valence-electron chi connectivity index (χ2n) is 13.1. The van der Waals surface area contributed by atoms with E-state index in [4.69, 9.17) is 24.8 Å². The first kappa shape index (κ1) is 48.0. The van der Waals surface area contributed by atoms with Crippen molar-refractivity contribution in [2.75, 3.05) is 19.8 Å². The van der Waals surface area contributed by atoms with Gasteiger partial charge in [-0.25, -0.2) is 4.57 Å². The van der Waals surface area contributed by atoms with E-state index in [0.717, 1.165) is 64.2 Å². The van der Waals surface area contributed by atoms with Crippen molar-refractivity contribution < 1.29 is 47.5 Å². The van der Waals surface area contributed by atoms with Crippen LogP contribution in [0.15, 0.2) is 24.3 Å². The Morgan fingerprint density at radius 3 is 1.52 bits per heavy atom. The highest BCUT2D eigenvalue weighted by atomic mass is 31.2. The van der Waals surface area contributed by atoms with Crippen molar-refractivity contribution in [3.8, 4) is 0 Å². The second-order valence-corrected chi connectivity index (χ2v) is 14.5. The monoisotopic (exact) mass is 731 g/mol. The molecule has 11 nitrogen and oxygen atoms in total. The first-order valence-corrected chi connectivity index (χ1v) is 20.9. The molecular weight excluding hydrogens is 661 g/mol. The molecule has 50 heavy (non-hydrogen) atoms. The number of carboxylic acid groups (broad SMARTS) is 1. The van der Waals surface area contributed by atoms with Crippen LogP contribution in [-0.2, 0) is 37.5 Å². The number of carboxylic acids is 1. The van der Waals surface area contributed by atoms with Gasteiger partial charge in [-0.2, -0.15) is 0 Å². The Kier molecular flexibility index (Phi) is 32.7. The van der Waals surface area contributed by atoms with Gasteiger partial charge in [0.2, 0.25) is 0 Å². The molecule has 0 heterocycles. The molecule has 3 atom stereocenters. The molecule has 0 saturated heterocycles. The van der Waals surface area contributed by atoms with Crippen LogP contribution in [0.25, 0.3) is 0 Å². The summed E-state index contributed by atoms with van der Waals surface area (Å²) in [5.74, 6) is -2.40. The minimum Gasteiger partial charge on any atom is -0.480 e. The summed E-state index contributed by atoms with van der Waals surface area (Å²) in [6, 6.07) is -1.52. The summed E-state index contributed by atoms with van der Waals surface area (Å²) in [5, 5.41) is 8.85. The van der Waals surface area contributed by atoms with E-state index < -0.39 is 51.1 Å². The third-order valence-electron chi connectivity index (χ3n) is 8.17. The van der Waals surface area contributed by atoms with E-state index in [1.807, 2.05) is 0 Å². The number of carbonyl (C=O) groups is 3. The highest BCUT2D eigenvalue weighted by molar-refractivity contribution is 7.47. The molecule has 0 saturated carbocycles. The van der Waals surface area contributed by atoms with Gasteiger partial charge in [-0.3, -0.25) is 23.4 Å². The number of phosphoric acid groups is 1. The SMILES string of the molecule is CCCC/C=C\CCCCCCCC(=O)O[C@H](COC(=O)CCCCCCCCC/C=C\CCCCCC)COP(=O)(O)OC[C@H](N)C(=O)O. The van der Waals surface area contributed by atoms with Crippen molar-refractivity contribution in [3.63, 3.8) is 0 Å². The van der Waals surface area contributed by atoms with E-state index in [-0.39, 0.29) is 19.4 Å². The predicted molar refractivity (Wildman–Crippen MR) is 199 cm³/mol. The van der Waals surface area contributed by atoms with Gasteiger partial charge >= 0.3 is 25.7 Å². The summed E-state index contributed by atoms with van der Waals surface area (Å²) in [6.45, 7) is 2.72. The fourth-order valence-corrected chi connectivity index (χ4v) is 5.82. The molecule has 0 aromatic rings. The Morgan fingerprint density at radius 2 is 1.02 bits per heavy atom. The second kappa shape index (κ2) is 34.1. The number of hydrogen-bond acceptors (Lipinski definition) is 9. The lowest BCUT2D eigenvalue weighted by Gasteiger charge is -2.20. The lowest BCUT2D eigenvalue weighted by molar-refractivity contribution is -0.161. The molecule has 0 radical (unpaired) electrons. The maximum Gasteiger partial charge on any atom is 0.472 e. The number of rotatable bonds is 36. The van der Waals surface area contributed by atoms with Crippen LogP contribution in [0.2, 0.25) is 0 Å². The van der Waals surface area contributed by atoms with Gasteiger partial charge in [-0.1, -0.05) is 122 Å². The van der Waals surface area contributed by atoms with Crippen molar-refractivity contribution >= 4 is 25.7 Å². The van der Waals surface area contributed by atoms with Crippen LogP contribution in [0.4, 0.5) is 0 Å². The zero-order valence-corrected chi connectivity index (χ0v) is 32.1. The van der Waals surface area contributed by atoms with E-state index in [1.165, 1.54) is 64.2 Å². The van der Waals surface area contributed by atoms with Gasteiger partial charge in [0.1, 0.15) is 12.6 Å². The van der Waals surface area contributed by atoms with Gasteiger partial charge < -0.3 is 25.2 Å². The van der Waals surface area contributed by atoms with Crippen LogP contribution in [0.1, 0.15) is 168 Å². The van der Waals surface area contributed by atoms with Gasteiger partial charge in [0.05, 0.1) is 13.2 Å². The molecule has 0 aromatic carbocycles. The number of aliphatic carboxylic acids is 1. The average molecular weight is 732 g/mol. The minimum absolute atomic E-state index is 0.151. The number of allylic oxidation sites excluding steroid dienone is 4. The van der Waals surface area contributed by atoms with Gasteiger partial charge in [-0.05, 0) is 57.8 Å². The van der Waals surface area contributed by atoms with Gasteiger partial charge in [0, 0.05) is 12.8 Å². The van der Waals surface area contributed by atoms with Crippen molar-refractivity contribution in [3.05, 3.63) is 24.3 Å². The number of unbranched alkanes of at least 4 members (excludes halogenated alkanes) is 18. The molecular formula is C38H70NO10P. The number of carbonyl (C=O) groups excluding carboxylic acids is 2. The summed E-state index contributed by atoms with van der Waals surface area (Å²) in [6.07, 6.45) is 32.5. The van der Waals surface area contributed by atoms with Gasteiger partial charge in [-0.15, -0.1) is 0 Å². The summed E-state index contributed by atoms with van der Waals surface area (Å²) >= 11 is 0. The number of esters is 2. The zero-order valence-electron chi connectivity index (χ0n) is 31.2. The fraction of sp³-hybridized carbons (Fsp3) is 0.816. The van der Waals surface area contributed by atoms with Gasteiger partial charge in [0.15, 0.2) is 6.10 Å². The summed E-state index contributed by atoms with van der Waals surface area (Å²) < 4.78 is 32.5. The van der Waals surface area contributed by atoms with Crippen LogP contribution >= 0.6 is 7.82 Å². The lowest BCUT2D eigenvalue weighted by atomic mass is 10.1. The fourth-order valence-electron chi connectivity index (χ4n) is 5.04. The van der Waals surface area contributed by atoms with E-state index in [1.54, 1.807) is 0 Å². The Morgan fingerprint density at radius 1 is 0.600 bits per heavy atom. The van der Waals surface area contributed by atoms with Crippen molar-refractivity contribution in [2.45, 2.75) is 180 Å². The Bertz CT molecular complexity index is 958. The number of nitrogens with two attached hydrogens (primary N) is 1. The largest absolute Gasteiger partial charge is 0.480 e.